The van der Waals surface area contributed by atoms with Crippen LogP contribution < -0.4 is 5.32 Å². The molecule has 2 aromatic heterocycles. The van der Waals surface area contributed by atoms with Gasteiger partial charge in [0.15, 0.2) is 0 Å². The van der Waals surface area contributed by atoms with E-state index in [9.17, 15) is 0 Å². The van der Waals surface area contributed by atoms with Gasteiger partial charge in [0.05, 0.1) is 11.8 Å². The number of fused-ring (bicyclic) bond motifs is 1. The quantitative estimate of drug-likeness (QED) is 0.736. The third-order valence-corrected chi connectivity index (χ3v) is 5.32. The number of nitrogens with one attached hydrogen (secondary N) is 1. The van der Waals surface area contributed by atoms with Gasteiger partial charge in [-0.2, -0.15) is 0 Å². The van der Waals surface area contributed by atoms with Gasteiger partial charge in [-0.1, -0.05) is 17.7 Å². The molecule has 1 aliphatic rings. The molecular formula is C20H23ClN4O. The van der Waals surface area contributed by atoms with Crippen LogP contribution in [0.15, 0.2) is 36.8 Å². The van der Waals surface area contributed by atoms with Gasteiger partial charge < -0.3 is 14.6 Å². The van der Waals surface area contributed by atoms with E-state index in [2.05, 4.69) is 38.2 Å². The van der Waals surface area contributed by atoms with E-state index in [-0.39, 0.29) is 12.3 Å². The van der Waals surface area contributed by atoms with Crippen molar-refractivity contribution in [3.63, 3.8) is 0 Å². The van der Waals surface area contributed by atoms with Gasteiger partial charge in [0, 0.05) is 23.2 Å². The third-order valence-electron chi connectivity index (χ3n) is 5.09. The maximum Gasteiger partial charge on any atom is 0.145 e. The van der Waals surface area contributed by atoms with Crippen molar-refractivity contribution in [1.82, 2.24) is 19.9 Å². The van der Waals surface area contributed by atoms with Crippen LogP contribution in [0.5, 0.6) is 0 Å². The van der Waals surface area contributed by atoms with Crippen molar-refractivity contribution in [3.8, 4) is 0 Å². The van der Waals surface area contributed by atoms with Crippen molar-refractivity contribution in [3.05, 3.63) is 58.6 Å². The molecule has 3 aromatic rings. The van der Waals surface area contributed by atoms with Crippen molar-refractivity contribution in [2.75, 3.05) is 7.05 Å². The maximum absolute atomic E-state index is 6.37. The Labute approximate surface area is 158 Å². The average Bonchev–Trinajstić information content (AvgIpc) is 3.25. The van der Waals surface area contributed by atoms with Crippen LogP contribution in [0.1, 0.15) is 35.9 Å². The third kappa shape index (κ3) is 3.34. The fraction of sp³-hybridized carbons (Fsp3) is 0.400. The topological polar surface area (TPSA) is 52.0 Å². The van der Waals surface area contributed by atoms with Crippen molar-refractivity contribution in [2.45, 2.75) is 45.1 Å². The Morgan fingerprint density at radius 2 is 2.12 bits per heavy atom. The van der Waals surface area contributed by atoms with Gasteiger partial charge in [0.1, 0.15) is 18.2 Å². The van der Waals surface area contributed by atoms with E-state index in [1.54, 1.807) is 6.33 Å². The second-order valence-corrected chi connectivity index (χ2v) is 7.29. The fourth-order valence-electron chi connectivity index (χ4n) is 3.77. The first-order valence-corrected chi connectivity index (χ1v) is 9.39. The summed E-state index contributed by atoms with van der Waals surface area (Å²) in [5, 5.41) is 5.08. The molecule has 0 spiro atoms. The van der Waals surface area contributed by atoms with Crippen LogP contribution in [0, 0.1) is 6.92 Å². The van der Waals surface area contributed by atoms with E-state index in [0.717, 1.165) is 47.6 Å². The second kappa shape index (κ2) is 7.35. The molecule has 1 aliphatic heterocycles. The molecule has 4 rings (SSSR count). The number of aromatic nitrogens is 3. The van der Waals surface area contributed by atoms with Crippen LogP contribution in [0.25, 0.3) is 11.0 Å². The summed E-state index contributed by atoms with van der Waals surface area (Å²) in [5.74, 6) is 0. The summed E-state index contributed by atoms with van der Waals surface area (Å²) in [5.41, 5.74) is 4.48. The molecule has 0 bridgehead atoms. The Hall–Kier alpha value is -1.95. The normalized spacial score (nSPS) is 20.1. The number of hydrogen-bond donors (Lipinski definition) is 1. The molecule has 1 saturated heterocycles. The van der Waals surface area contributed by atoms with Gasteiger partial charge in [-0.05, 0) is 62.6 Å². The van der Waals surface area contributed by atoms with Crippen LogP contribution >= 0.6 is 11.6 Å². The van der Waals surface area contributed by atoms with Crippen molar-refractivity contribution in [2.24, 2.45) is 0 Å². The predicted molar refractivity (Wildman–Crippen MR) is 103 cm³/mol. The highest BCUT2D eigenvalue weighted by Gasteiger charge is 2.28. The van der Waals surface area contributed by atoms with Crippen LogP contribution in [0.4, 0.5) is 0 Å². The minimum atomic E-state index is 0.0341. The smallest absolute Gasteiger partial charge is 0.145 e. The Morgan fingerprint density at radius 3 is 2.96 bits per heavy atom. The Balaban J connectivity index is 1.51. The highest BCUT2D eigenvalue weighted by molar-refractivity contribution is 6.30. The summed E-state index contributed by atoms with van der Waals surface area (Å²) in [6.07, 6.45) is 6.86. The molecule has 1 aromatic carbocycles. The highest BCUT2D eigenvalue weighted by Crippen LogP contribution is 2.33. The van der Waals surface area contributed by atoms with E-state index in [1.165, 1.54) is 11.1 Å². The van der Waals surface area contributed by atoms with Gasteiger partial charge in [0.2, 0.25) is 0 Å². The summed E-state index contributed by atoms with van der Waals surface area (Å²) < 4.78 is 8.51. The molecule has 6 heteroatoms. The molecule has 5 nitrogen and oxygen atoms in total. The zero-order chi connectivity index (χ0) is 18.1. The van der Waals surface area contributed by atoms with E-state index in [1.807, 2.05) is 26.1 Å². The summed E-state index contributed by atoms with van der Waals surface area (Å²) in [4.78, 5) is 8.72. The van der Waals surface area contributed by atoms with Gasteiger partial charge >= 0.3 is 0 Å². The number of benzene rings is 1. The number of ether oxygens (including phenoxy) is 1. The van der Waals surface area contributed by atoms with Gasteiger partial charge in [-0.25, -0.2) is 9.97 Å². The molecule has 0 radical (unpaired) electrons. The van der Waals surface area contributed by atoms with Gasteiger partial charge in [-0.3, -0.25) is 0 Å². The number of aryl methyl sites for hydroxylation is 1. The van der Waals surface area contributed by atoms with E-state index in [4.69, 9.17) is 16.3 Å². The second-order valence-electron chi connectivity index (χ2n) is 6.86. The number of halogens is 1. The minimum Gasteiger partial charge on any atom is -0.354 e. The minimum absolute atomic E-state index is 0.0341. The lowest BCUT2D eigenvalue weighted by Crippen LogP contribution is -2.15. The maximum atomic E-state index is 6.37. The SMILES string of the molecule is CNCc1cc(Cl)ccc1CC1CCC(n2ccc3c(C)ncnc32)O1. The van der Waals surface area contributed by atoms with Gasteiger partial charge in [0.25, 0.3) is 0 Å². The van der Waals surface area contributed by atoms with E-state index in [0.29, 0.717) is 0 Å². The lowest BCUT2D eigenvalue weighted by Gasteiger charge is -2.17. The lowest BCUT2D eigenvalue weighted by molar-refractivity contribution is 0.00496. The van der Waals surface area contributed by atoms with Crippen molar-refractivity contribution >= 4 is 22.6 Å². The molecule has 0 amide bonds. The van der Waals surface area contributed by atoms with E-state index >= 15 is 0 Å². The molecule has 0 saturated carbocycles. The summed E-state index contributed by atoms with van der Waals surface area (Å²) in [6.45, 7) is 2.82. The van der Waals surface area contributed by atoms with E-state index < -0.39 is 0 Å². The molecule has 0 aliphatic carbocycles. The molecule has 1 fully saturated rings. The molecule has 26 heavy (non-hydrogen) atoms. The van der Waals surface area contributed by atoms with Crippen molar-refractivity contribution in [1.29, 1.82) is 0 Å². The predicted octanol–water partition coefficient (Wildman–Crippen LogP) is 4.03. The first-order chi connectivity index (χ1) is 12.7. The monoisotopic (exact) mass is 370 g/mol. The summed E-state index contributed by atoms with van der Waals surface area (Å²) >= 11 is 6.15. The molecule has 3 heterocycles. The average molecular weight is 371 g/mol. The number of rotatable bonds is 5. The first kappa shape index (κ1) is 17.5. The number of hydrogen-bond acceptors (Lipinski definition) is 4. The summed E-state index contributed by atoms with van der Waals surface area (Å²) in [7, 11) is 1.95. The fourth-order valence-corrected chi connectivity index (χ4v) is 3.96. The van der Waals surface area contributed by atoms with Crippen LogP contribution in [0.2, 0.25) is 5.02 Å². The lowest BCUT2D eigenvalue weighted by atomic mass is 10.00. The molecule has 2 atom stereocenters. The van der Waals surface area contributed by atoms with Crippen molar-refractivity contribution < 1.29 is 4.74 Å². The Kier molecular flexibility index (Phi) is 4.94. The Morgan fingerprint density at radius 1 is 1.23 bits per heavy atom. The zero-order valence-corrected chi connectivity index (χ0v) is 15.8. The highest BCUT2D eigenvalue weighted by atomic mass is 35.5. The largest absolute Gasteiger partial charge is 0.354 e. The zero-order valence-electron chi connectivity index (χ0n) is 15.1. The standard InChI is InChI=1S/C20H23ClN4O/c1-13-18-7-8-25(20(18)24-12-23-13)19-6-5-17(26-19)10-14-3-4-16(21)9-15(14)11-22-2/h3-4,7-9,12,17,19,22H,5-6,10-11H2,1-2H3. The summed E-state index contributed by atoms with van der Waals surface area (Å²) in [6, 6.07) is 8.19. The van der Waals surface area contributed by atoms with Gasteiger partial charge in [-0.15, -0.1) is 0 Å². The molecule has 1 N–H and O–H groups in total. The van der Waals surface area contributed by atoms with Crippen LogP contribution in [0.3, 0.4) is 0 Å². The first-order valence-electron chi connectivity index (χ1n) is 9.01. The molecular weight excluding hydrogens is 348 g/mol. The molecule has 2 unspecified atom stereocenters. The number of nitrogens with zero attached hydrogens (tertiary/aromatic N) is 3. The molecule has 136 valence electrons. The Bertz CT molecular complexity index is 923. The van der Waals surface area contributed by atoms with Crippen LogP contribution in [-0.4, -0.2) is 27.7 Å². The van der Waals surface area contributed by atoms with Crippen LogP contribution in [-0.2, 0) is 17.7 Å².